The summed E-state index contributed by atoms with van der Waals surface area (Å²) >= 11 is 0. The van der Waals surface area contributed by atoms with Crippen LogP contribution in [0.4, 0.5) is 4.39 Å². The lowest BCUT2D eigenvalue weighted by molar-refractivity contribution is 0.433. The van der Waals surface area contributed by atoms with Crippen LogP contribution in [0.5, 0.6) is 5.88 Å². The van der Waals surface area contributed by atoms with Crippen molar-refractivity contribution >= 4 is 0 Å². The Balaban J connectivity index is 2.53. The van der Waals surface area contributed by atoms with Gasteiger partial charge in [0, 0.05) is 6.07 Å². The molecule has 2 rings (SSSR count). The Labute approximate surface area is 74.1 Å². The highest BCUT2D eigenvalue weighted by atomic mass is 19.1. The second-order valence-electron chi connectivity index (χ2n) is 2.58. The molecule has 0 radical (unpaired) electrons. The van der Waals surface area contributed by atoms with Gasteiger partial charge in [-0.1, -0.05) is 6.07 Å². The van der Waals surface area contributed by atoms with Gasteiger partial charge >= 0.3 is 0 Å². The first kappa shape index (κ1) is 7.79. The van der Waals surface area contributed by atoms with Crippen LogP contribution in [0, 0.1) is 5.82 Å². The molecule has 13 heavy (non-hydrogen) atoms. The molecule has 1 aromatic carbocycles. The molecule has 0 spiro atoms. The largest absolute Gasteiger partial charge is 0.493 e. The maximum Gasteiger partial charge on any atom is 0.214 e. The maximum absolute atomic E-state index is 12.8. The lowest BCUT2D eigenvalue weighted by Crippen LogP contribution is -1.95. The summed E-state index contributed by atoms with van der Waals surface area (Å²) < 4.78 is 14.0. The molecule has 1 N–H and O–H groups in total. The van der Waals surface area contributed by atoms with Gasteiger partial charge in [-0.15, -0.1) is 0 Å². The second-order valence-corrected chi connectivity index (χ2v) is 2.58. The summed E-state index contributed by atoms with van der Waals surface area (Å²) in [6.45, 7) is 0. The Morgan fingerprint density at radius 1 is 1.31 bits per heavy atom. The molecule has 0 bridgehead atoms. The highest BCUT2D eigenvalue weighted by Gasteiger charge is 2.02. The maximum atomic E-state index is 12.8. The molecular formula is C9H7FN2O. The van der Waals surface area contributed by atoms with Crippen molar-refractivity contribution in [2.75, 3.05) is 0 Å². The molecule has 0 saturated heterocycles. The molecule has 4 heteroatoms. The van der Waals surface area contributed by atoms with Gasteiger partial charge in [0.25, 0.3) is 0 Å². The van der Waals surface area contributed by atoms with E-state index in [1.807, 2.05) is 0 Å². The normalized spacial score (nSPS) is 10.2. The zero-order valence-corrected chi connectivity index (χ0v) is 6.68. The van der Waals surface area contributed by atoms with Crippen LogP contribution in [0.1, 0.15) is 0 Å². The zero-order chi connectivity index (χ0) is 9.26. The third-order valence-corrected chi connectivity index (χ3v) is 1.68. The molecule has 0 amide bonds. The van der Waals surface area contributed by atoms with Crippen molar-refractivity contribution in [2.45, 2.75) is 0 Å². The van der Waals surface area contributed by atoms with Gasteiger partial charge in [0.1, 0.15) is 5.82 Å². The summed E-state index contributed by atoms with van der Waals surface area (Å²) in [6.07, 6.45) is 1.44. The number of aromatic nitrogens is 2. The molecule has 0 aliphatic rings. The Bertz CT molecular complexity index is 425. The summed E-state index contributed by atoms with van der Waals surface area (Å²) in [7, 11) is 0. The fourth-order valence-corrected chi connectivity index (χ4v) is 1.10. The Morgan fingerprint density at radius 3 is 2.77 bits per heavy atom. The van der Waals surface area contributed by atoms with Crippen molar-refractivity contribution < 1.29 is 9.50 Å². The predicted octanol–water partition coefficient (Wildman–Crippen LogP) is 1.72. The Kier molecular flexibility index (Phi) is 1.73. The van der Waals surface area contributed by atoms with Crippen molar-refractivity contribution in [1.29, 1.82) is 0 Å². The minimum atomic E-state index is -0.354. The molecule has 1 heterocycles. The van der Waals surface area contributed by atoms with Crippen LogP contribution in [-0.4, -0.2) is 14.9 Å². The van der Waals surface area contributed by atoms with E-state index in [0.717, 1.165) is 0 Å². The van der Waals surface area contributed by atoms with Crippen molar-refractivity contribution in [1.82, 2.24) is 9.78 Å². The minimum Gasteiger partial charge on any atom is -0.493 e. The first-order valence-electron chi connectivity index (χ1n) is 3.76. The van der Waals surface area contributed by atoms with Gasteiger partial charge < -0.3 is 5.11 Å². The second kappa shape index (κ2) is 2.90. The molecular weight excluding hydrogens is 171 g/mol. The van der Waals surface area contributed by atoms with E-state index in [1.165, 1.54) is 29.1 Å². The van der Waals surface area contributed by atoms with Crippen LogP contribution in [0.15, 0.2) is 36.5 Å². The Hall–Kier alpha value is -1.84. The number of halogens is 1. The summed E-state index contributed by atoms with van der Waals surface area (Å²) in [5, 5.41) is 13.1. The molecule has 0 aliphatic carbocycles. The summed E-state index contributed by atoms with van der Waals surface area (Å²) in [6, 6.07) is 7.29. The molecule has 66 valence electrons. The number of hydrogen-bond donors (Lipinski definition) is 1. The van der Waals surface area contributed by atoms with E-state index in [-0.39, 0.29) is 11.7 Å². The van der Waals surface area contributed by atoms with E-state index in [0.29, 0.717) is 5.69 Å². The van der Waals surface area contributed by atoms with Gasteiger partial charge in [0.2, 0.25) is 5.88 Å². The third kappa shape index (κ3) is 1.38. The van der Waals surface area contributed by atoms with Crippen LogP contribution >= 0.6 is 0 Å². The topological polar surface area (TPSA) is 38.1 Å². The number of nitrogens with zero attached hydrogens (tertiary/aromatic N) is 2. The van der Waals surface area contributed by atoms with Gasteiger partial charge in [0.15, 0.2) is 0 Å². The van der Waals surface area contributed by atoms with E-state index in [2.05, 4.69) is 5.10 Å². The molecule has 1 aromatic heterocycles. The molecule has 0 unspecified atom stereocenters. The standard InChI is InChI=1S/C9H7FN2O/c10-7-2-1-3-8(6-7)12-9(13)4-5-11-12/h1-6,13H. The summed E-state index contributed by atoms with van der Waals surface area (Å²) in [5.41, 5.74) is 0.502. The first-order chi connectivity index (χ1) is 6.27. The van der Waals surface area contributed by atoms with Crippen molar-refractivity contribution in [3.8, 4) is 11.6 Å². The number of hydrogen-bond acceptors (Lipinski definition) is 2. The molecule has 3 nitrogen and oxygen atoms in total. The van der Waals surface area contributed by atoms with E-state index in [9.17, 15) is 9.50 Å². The summed E-state index contributed by atoms with van der Waals surface area (Å²) in [5.74, 6) is -0.363. The first-order valence-corrected chi connectivity index (χ1v) is 3.76. The van der Waals surface area contributed by atoms with Crippen molar-refractivity contribution in [2.24, 2.45) is 0 Å². The van der Waals surface area contributed by atoms with E-state index >= 15 is 0 Å². The van der Waals surface area contributed by atoms with Crippen LogP contribution in [0.2, 0.25) is 0 Å². The van der Waals surface area contributed by atoms with Gasteiger partial charge in [-0.05, 0) is 18.2 Å². The monoisotopic (exact) mass is 178 g/mol. The third-order valence-electron chi connectivity index (χ3n) is 1.68. The lowest BCUT2D eigenvalue weighted by Gasteiger charge is -2.01. The van der Waals surface area contributed by atoms with Gasteiger partial charge in [-0.25, -0.2) is 9.07 Å². The molecule has 0 atom stereocenters. The highest BCUT2D eigenvalue weighted by Crippen LogP contribution is 2.15. The number of aromatic hydroxyl groups is 1. The quantitative estimate of drug-likeness (QED) is 0.721. The van der Waals surface area contributed by atoms with Crippen LogP contribution in [-0.2, 0) is 0 Å². The lowest BCUT2D eigenvalue weighted by atomic mass is 10.3. The van der Waals surface area contributed by atoms with E-state index in [4.69, 9.17) is 0 Å². The smallest absolute Gasteiger partial charge is 0.214 e. The molecule has 0 saturated carbocycles. The average molecular weight is 178 g/mol. The van der Waals surface area contributed by atoms with E-state index < -0.39 is 0 Å². The van der Waals surface area contributed by atoms with Crippen molar-refractivity contribution in [3.05, 3.63) is 42.3 Å². The van der Waals surface area contributed by atoms with Crippen LogP contribution < -0.4 is 0 Å². The number of benzene rings is 1. The molecule has 0 fully saturated rings. The summed E-state index contributed by atoms with van der Waals surface area (Å²) in [4.78, 5) is 0. The molecule has 2 aromatic rings. The molecule has 0 aliphatic heterocycles. The van der Waals surface area contributed by atoms with Crippen LogP contribution in [0.25, 0.3) is 5.69 Å². The SMILES string of the molecule is Oc1ccnn1-c1cccc(F)c1. The predicted molar refractivity (Wildman–Crippen MR) is 45.2 cm³/mol. The van der Waals surface area contributed by atoms with Gasteiger partial charge in [-0.3, -0.25) is 0 Å². The van der Waals surface area contributed by atoms with Gasteiger partial charge in [0.05, 0.1) is 11.9 Å². The highest BCUT2D eigenvalue weighted by molar-refractivity contribution is 5.34. The fourth-order valence-electron chi connectivity index (χ4n) is 1.10. The fraction of sp³-hybridized carbons (Fsp3) is 0. The zero-order valence-electron chi connectivity index (χ0n) is 6.68. The van der Waals surface area contributed by atoms with Crippen molar-refractivity contribution in [3.63, 3.8) is 0 Å². The average Bonchev–Trinajstić information content (AvgIpc) is 2.51. The van der Waals surface area contributed by atoms with Crippen LogP contribution in [0.3, 0.4) is 0 Å². The number of rotatable bonds is 1. The van der Waals surface area contributed by atoms with E-state index in [1.54, 1.807) is 12.1 Å². The van der Waals surface area contributed by atoms with Gasteiger partial charge in [-0.2, -0.15) is 5.10 Å². The minimum absolute atomic E-state index is 0.00870. The Morgan fingerprint density at radius 2 is 2.15 bits per heavy atom.